The first kappa shape index (κ1) is 21.1. The van der Waals surface area contributed by atoms with E-state index >= 15 is 0 Å². The number of nitrogens with zero attached hydrogens (tertiary/aromatic N) is 3. The molecule has 11 heteroatoms. The summed E-state index contributed by atoms with van der Waals surface area (Å²) in [5, 5.41) is 9.36. The van der Waals surface area contributed by atoms with E-state index in [1.165, 1.54) is 29.6 Å². The van der Waals surface area contributed by atoms with E-state index in [1.54, 1.807) is 25.5 Å². The molecule has 0 aliphatic rings. The summed E-state index contributed by atoms with van der Waals surface area (Å²) in [6.07, 6.45) is 0. The summed E-state index contributed by atoms with van der Waals surface area (Å²) >= 11 is 5.03. The van der Waals surface area contributed by atoms with E-state index < -0.39 is 15.9 Å². The number of hydrogen-bond donors (Lipinski definition) is 2. The summed E-state index contributed by atoms with van der Waals surface area (Å²) in [6.45, 7) is 4.32. The number of aromatic nitrogens is 3. The van der Waals surface area contributed by atoms with Gasteiger partial charge in [-0.2, -0.15) is 9.40 Å². The number of amides is 1. The summed E-state index contributed by atoms with van der Waals surface area (Å²) in [4.78, 5) is 12.7. The molecule has 1 amide bonds. The summed E-state index contributed by atoms with van der Waals surface area (Å²) in [7, 11) is -0.544. The second kappa shape index (κ2) is 8.63. The number of sulfonamides is 1. The van der Waals surface area contributed by atoms with Gasteiger partial charge in [0.15, 0.2) is 10.6 Å². The lowest BCUT2D eigenvalue weighted by Gasteiger charge is -2.19. The summed E-state index contributed by atoms with van der Waals surface area (Å²) < 4.78 is 34.0. The number of aromatic amines is 1. The van der Waals surface area contributed by atoms with Crippen LogP contribution in [0.3, 0.4) is 0 Å². The van der Waals surface area contributed by atoms with Gasteiger partial charge >= 0.3 is 0 Å². The van der Waals surface area contributed by atoms with E-state index in [9.17, 15) is 13.2 Å². The van der Waals surface area contributed by atoms with Gasteiger partial charge in [-0.05, 0) is 30.4 Å². The lowest BCUT2D eigenvalue weighted by molar-refractivity contribution is 0.0946. The van der Waals surface area contributed by atoms with Crippen LogP contribution in [-0.4, -0.2) is 53.6 Å². The molecule has 0 aliphatic carbocycles. The third-order valence-corrected chi connectivity index (χ3v) is 6.55. The molecule has 0 bridgehead atoms. The van der Waals surface area contributed by atoms with Crippen LogP contribution >= 0.6 is 12.2 Å². The van der Waals surface area contributed by atoms with Crippen molar-refractivity contribution in [3.8, 4) is 5.75 Å². The fourth-order valence-corrected chi connectivity index (χ4v) is 4.17. The van der Waals surface area contributed by atoms with E-state index in [4.69, 9.17) is 17.0 Å². The minimum absolute atomic E-state index is 0.0373. The summed E-state index contributed by atoms with van der Waals surface area (Å²) in [6, 6.07) is 4.23. The average molecular weight is 414 g/mol. The standard InChI is InChI=1S/C16H23N5O4S2/c1-5-21(6-2)27(23,24)11-7-8-13(25-4)12(9-11)15(22)17-10-14-18-19-16(26)20(14)3/h7-9H,5-6,10H2,1-4H3,(H,17,22)(H,19,26). The lowest BCUT2D eigenvalue weighted by Crippen LogP contribution is -2.31. The maximum atomic E-state index is 12.7. The largest absolute Gasteiger partial charge is 0.496 e. The van der Waals surface area contributed by atoms with Crippen LogP contribution in [0.2, 0.25) is 0 Å². The van der Waals surface area contributed by atoms with Gasteiger partial charge in [-0.25, -0.2) is 8.42 Å². The number of ether oxygens (including phenoxy) is 1. The van der Waals surface area contributed by atoms with Crippen LogP contribution in [0.1, 0.15) is 30.0 Å². The molecule has 0 saturated heterocycles. The summed E-state index contributed by atoms with van der Waals surface area (Å²) in [5.41, 5.74) is 0.127. The monoisotopic (exact) mass is 413 g/mol. The van der Waals surface area contributed by atoms with E-state index in [0.29, 0.717) is 23.7 Å². The van der Waals surface area contributed by atoms with E-state index in [0.717, 1.165) is 0 Å². The smallest absolute Gasteiger partial charge is 0.255 e. The number of carbonyl (C=O) groups excluding carboxylic acids is 1. The van der Waals surface area contributed by atoms with Gasteiger partial charge in [0.05, 0.1) is 24.1 Å². The molecule has 0 saturated carbocycles. The van der Waals surface area contributed by atoms with Gasteiger partial charge < -0.3 is 14.6 Å². The zero-order chi connectivity index (χ0) is 20.2. The molecule has 0 spiro atoms. The third-order valence-electron chi connectivity index (χ3n) is 4.14. The number of nitrogens with one attached hydrogen (secondary N) is 2. The van der Waals surface area contributed by atoms with Crippen molar-refractivity contribution in [3.05, 3.63) is 34.4 Å². The zero-order valence-corrected chi connectivity index (χ0v) is 17.3. The van der Waals surface area contributed by atoms with Gasteiger partial charge in [0.25, 0.3) is 5.91 Å². The van der Waals surface area contributed by atoms with Crippen molar-refractivity contribution in [3.63, 3.8) is 0 Å². The van der Waals surface area contributed by atoms with Gasteiger partial charge in [-0.15, -0.1) is 0 Å². The van der Waals surface area contributed by atoms with Crippen LogP contribution in [0.4, 0.5) is 0 Å². The SMILES string of the molecule is CCN(CC)S(=O)(=O)c1ccc(OC)c(C(=O)NCc2n[nH]c(=S)n2C)c1. The molecule has 1 aromatic carbocycles. The zero-order valence-electron chi connectivity index (χ0n) is 15.6. The minimum atomic E-state index is -3.69. The molecule has 2 aromatic rings. The molecule has 1 aromatic heterocycles. The van der Waals surface area contributed by atoms with Gasteiger partial charge in [0.1, 0.15) is 5.75 Å². The van der Waals surface area contributed by atoms with Crippen molar-refractivity contribution in [2.24, 2.45) is 7.05 Å². The van der Waals surface area contributed by atoms with Gasteiger partial charge in [-0.1, -0.05) is 13.8 Å². The Hall–Kier alpha value is -2.24. The van der Waals surface area contributed by atoms with E-state index in [1.807, 2.05) is 0 Å². The van der Waals surface area contributed by atoms with Gasteiger partial charge in [-0.3, -0.25) is 9.89 Å². The highest BCUT2D eigenvalue weighted by molar-refractivity contribution is 7.89. The molecular formula is C16H23N5O4S2. The van der Waals surface area contributed by atoms with E-state index in [2.05, 4.69) is 15.5 Å². The van der Waals surface area contributed by atoms with Crippen molar-refractivity contribution in [1.29, 1.82) is 0 Å². The van der Waals surface area contributed by atoms with Crippen LogP contribution in [0, 0.1) is 4.77 Å². The first-order valence-electron chi connectivity index (χ1n) is 8.32. The summed E-state index contributed by atoms with van der Waals surface area (Å²) in [5.74, 6) is 0.345. The molecule has 2 rings (SSSR count). The Kier molecular flexibility index (Phi) is 6.73. The number of rotatable bonds is 8. The molecule has 1 heterocycles. The fraction of sp³-hybridized carbons (Fsp3) is 0.438. The molecule has 0 unspecified atom stereocenters. The molecule has 148 valence electrons. The van der Waals surface area contributed by atoms with Gasteiger partial charge in [0, 0.05) is 20.1 Å². The third kappa shape index (κ3) is 4.37. The van der Waals surface area contributed by atoms with Crippen LogP contribution < -0.4 is 10.1 Å². The van der Waals surface area contributed by atoms with Crippen LogP contribution in [0.25, 0.3) is 0 Å². The number of H-pyrrole nitrogens is 1. The normalized spacial score (nSPS) is 11.6. The Morgan fingerprint density at radius 1 is 1.37 bits per heavy atom. The Labute approximate surface area is 163 Å². The first-order chi connectivity index (χ1) is 12.8. The topological polar surface area (TPSA) is 109 Å². The molecule has 0 aliphatic heterocycles. The van der Waals surface area contributed by atoms with Crippen LogP contribution in [0.15, 0.2) is 23.1 Å². The fourth-order valence-electron chi connectivity index (χ4n) is 2.53. The highest BCUT2D eigenvalue weighted by Crippen LogP contribution is 2.24. The maximum Gasteiger partial charge on any atom is 0.255 e. The Balaban J connectivity index is 2.33. The number of benzene rings is 1. The van der Waals surface area contributed by atoms with Crippen LogP contribution in [-0.2, 0) is 23.6 Å². The van der Waals surface area contributed by atoms with Crippen molar-refractivity contribution in [2.45, 2.75) is 25.3 Å². The second-order valence-electron chi connectivity index (χ2n) is 5.64. The Bertz CT molecular complexity index is 977. The van der Waals surface area contributed by atoms with Crippen molar-refractivity contribution < 1.29 is 17.9 Å². The second-order valence-corrected chi connectivity index (χ2v) is 7.96. The molecule has 27 heavy (non-hydrogen) atoms. The first-order valence-corrected chi connectivity index (χ1v) is 10.2. The minimum Gasteiger partial charge on any atom is -0.496 e. The number of methoxy groups -OCH3 is 1. The molecule has 2 N–H and O–H groups in total. The predicted octanol–water partition coefficient (Wildman–Crippen LogP) is 1.45. The maximum absolute atomic E-state index is 12.7. The quantitative estimate of drug-likeness (QED) is 0.634. The average Bonchev–Trinajstić information content (AvgIpc) is 2.98. The predicted molar refractivity (Wildman–Crippen MR) is 103 cm³/mol. The van der Waals surface area contributed by atoms with E-state index in [-0.39, 0.29) is 22.8 Å². The molecule has 0 fully saturated rings. The molecule has 0 radical (unpaired) electrons. The Morgan fingerprint density at radius 2 is 2.04 bits per heavy atom. The van der Waals surface area contributed by atoms with Crippen molar-refractivity contribution >= 4 is 28.1 Å². The highest BCUT2D eigenvalue weighted by atomic mass is 32.2. The van der Waals surface area contributed by atoms with Crippen molar-refractivity contribution in [1.82, 2.24) is 24.4 Å². The van der Waals surface area contributed by atoms with Crippen molar-refractivity contribution in [2.75, 3.05) is 20.2 Å². The van der Waals surface area contributed by atoms with Crippen LogP contribution in [0.5, 0.6) is 5.75 Å². The molecule has 0 atom stereocenters. The lowest BCUT2D eigenvalue weighted by atomic mass is 10.2. The molecular weight excluding hydrogens is 390 g/mol. The number of hydrogen-bond acceptors (Lipinski definition) is 6. The number of carbonyl (C=O) groups is 1. The van der Waals surface area contributed by atoms with Gasteiger partial charge in [0.2, 0.25) is 10.0 Å². The Morgan fingerprint density at radius 3 is 2.56 bits per heavy atom. The molecule has 9 nitrogen and oxygen atoms in total. The highest BCUT2D eigenvalue weighted by Gasteiger charge is 2.24.